The summed E-state index contributed by atoms with van der Waals surface area (Å²) in [5.41, 5.74) is 2.72. The smallest absolute Gasteiger partial charge is 0.256 e. The van der Waals surface area contributed by atoms with Crippen LogP contribution in [0.1, 0.15) is 50.6 Å². The summed E-state index contributed by atoms with van der Waals surface area (Å²) < 4.78 is 54.4. The summed E-state index contributed by atoms with van der Waals surface area (Å²) >= 11 is 0. The maximum absolute atomic E-state index is 9.75. The number of rotatable bonds is 29. The number of hydrogen-bond acceptors (Lipinski definition) is 17. The number of aromatic nitrogens is 7. The van der Waals surface area contributed by atoms with Crippen molar-refractivity contribution in [1.29, 1.82) is 5.26 Å². The average molecular weight is 863 g/mol. The molecule has 0 amide bonds. The molecule has 1 saturated carbocycles. The lowest BCUT2D eigenvalue weighted by Gasteiger charge is -2.38. The van der Waals surface area contributed by atoms with Crippen LogP contribution in [-0.2, 0) is 39.7 Å². The number of morpholine rings is 1. The van der Waals surface area contributed by atoms with Crippen molar-refractivity contribution >= 4 is 11.6 Å². The SMILES string of the molecule is COCCOCCOCCOCCOCCOCCCOc1nn(C2CCC(N3CCOCC3)CC2)cc1Nc1ncc(-c2ccc(C#N)c(O[C@@H](C)Cn3cncn3)c2)cn1. The van der Waals surface area contributed by atoms with Crippen LogP contribution in [0, 0.1) is 11.3 Å². The van der Waals surface area contributed by atoms with E-state index in [0.29, 0.717) is 127 Å². The molecule has 62 heavy (non-hydrogen) atoms. The van der Waals surface area contributed by atoms with E-state index < -0.39 is 0 Å². The Kier molecular flexibility index (Phi) is 20.1. The second-order valence-corrected chi connectivity index (χ2v) is 15.0. The lowest BCUT2D eigenvalue weighted by molar-refractivity contribution is -0.0150. The molecule has 4 aromatic rings. The first-order valence-electron chi connectivity index (χ1n) is 21.6. The van der Waals surface area contributed by atoms with Gasteiger partial charge in [-0.2, -0.15) is 10.4 Å². The van der Waals surface area contributed by atoms with Crippen LogP contribution in [0.2, 0.25) is 0 Å². The van der Waals surface area contributed by atoms with Crippen LogP contribution < -0.4 is 14.8 Å². The van der Waals surface area contributed by atoms with Crippen LogP contribution in [0.15, 0.2) is 49.4 Å². The van der Waals surface area contributed by atoms with Gasteiger partial charge in [0.25, 0.3) is 5.88 Å². The minimum Gasteiger partial charge on any atom is -0.487 e. The molecule has 2 fully saturated rings. The molecule has 1 aliphatic carbocycles. The Hall–Kier alpha value is -4.78. The Morgan fingerprint density at radius 1 is 0.823 bits per heavy atom. The number of hydrogen-bond donors (Lipinski definition) is 1. The molecule has 0 unspecified atom stereocenters. The lowest BCUT2D eigenvalue weighted by Crippen LogP contribution is -2.45. The van der Waals surface area contributed by atoms with Crippen molar-refractivity contribution in [2.24, 2.45) is 0 Å². The third kappa shape index (κ3) is 15.5. The zero-order valence-electron chi connectivity index (χ0n) is 36.1. The predicted molar refractivity (Wildman–Crippen MR) is 228 cm³/mol. The molecule has 19 heteroatoms. The molecule has 1 aromatic carbocycles. The zero-order valence-corrected chi connectivity index (χ0v) is 36.1. The van der Waals surface area contributed by atoms with Crippen LogP contribution in [0.4, 0.5) is 11.6 Å². The Bertz CT molecular complexity index is 1860. The first-order chi connectivity index (χ1) is 30.6. The first kappa shape index (κ1) is 46.7. The molecular formula is C43H62N10O9. The Labute approximate surface area is 363 Å². The van der Waals surface area contributed by atoms with Crippen molar-refractivity contribution in [2.45, 2.75) is 63.8 Å². The number of anilines is 2. The van der Waals surface area contributed by atoms with Gasteiger partial charge < -0.3 is 47.9 Å². The van der Waals surface area contributed by atoms with Crippen molar-refractivity contribution in [3.05, 3.63) is 55.0 Å². The van der Waals surface area contributed by atoms with Gasteiger partial charge >= 0.3 is 0 Å². The maximum atomic E-state index is 9.75. The molecule has 6 rings (SSSR count). The topological polar surface area (TPSA) is 196 Å². The average Bonchev–Trinajstić information content (AvgIpc) is 3.97. The highest BCUT2D eigenvalue weighted by Gasteiger charge is 2.29. The van der Waals surface area contributed by atoms with E-state index in [0.717, 1.165) is 63.1 Å². The minimum absolute atomic E-state index is 0.247. The lowest BCUT2D eigenvalue weighted by atomic mass is 9.90. The number of nitriles is 1. The Balaban J connectivity index is 0.962. The maximum Gasteiger partial charge on any atom is 0.256 e. The molecule has 1 N–H and O–H groups in total. The summed E-state index contributed by atoms with van der Waals surface area (Å²) in [6.45, 7) is 12.2. The van der Waals surface area contributed by atoms with E-state index >= 15 is 0 Å². The molecule has 1 atom stereocenters. The van der Waals surface area contributed by atoms with E-state index in [2.05, 4.69) is 36.3 Å². The molecule has 1 saturated heterocycles. The second kappa shape index (κ2) is 26.6. The zero-order chi connectivity index (χ0) is 43.0. The third-order valence-corrected chi connectivity index (χ3v) is 10.5. The summed E-state index contributed by atoms with van der Waals surface area (Å²) in [6, 6.07) is 8.50. The van der Waals surface area contributed by atoms with Crippen LogP contribution >= 0.6 is 0 Å². The van der Waals surface area contributed by atoms with Gasteiger partial charge in [0.2, 0.25) is 5.95 Å². The van der Waals surface area contributed by atoms with Crippen LogP contribution in [-0.4, -0.2) is 164 Å². The quantitative estimate of drug-likeness (QED) is 0.0757. The molecule has 2 aliphatic rings. The number of benzene rings is 1. The number of methoxy groups -OCH3 is 1. The molecule has 0 spiro atoms. The fraction of sp³-hybridized carbons (Fsp3) is 0.628. The van der Waals surface area contributed by atoms with Gasteiger partial charge in [-0.3, -0.25) is 9.58 Å². The number of nitrogens with one attached hydrogen (secondary N) is 1. The molecule has 0 bridgehead atoms. The molecule has 4 heterocycles. The van der Waals surface area contributed by atoms with Gasteiger partial charge in [0.15, 0.2) is 0 Å². The summed E-state index contributed by atoms with van der Waals surface area (Å²) in [4.78, 5) is 15.8. The predicted octanol–water partition coefficient (Wildman–Crippen LogP) is 4.33. The molecule has 1 aliphatic heterocycles. The van der Waals surface area contributed by atoms with Gasteiger partial charge in [0, 0.05) is 57.2 Å². The second-order valence-electron chi connectivity index (χ2n) is 15.0. The molecule has 338 valence electrons. The van der Waals surface area contributed by atoms with E-state index in [1.54, 1.807) is 36.6 Å². The van der Waals surface area contributed by atoms with Gasteiger partial charge in [0.05, 0.1) is 110 Å². The number of ether oxygens (including phenoxy) is 9. The molecule has 19 nitrogen and oxygen atoms in total. The van der Waals surface area contributed by atoms with Gasteiger partial charge in [0.1, 0.15) is 36.3 Å². The largest absolute Gasteiger partial charge is 0.487 e. The van der Waals surface area contributed by atoms with Gasteiger partial charge in [-0.05, 0) is 50.3 Å². The fourth-order valence-corrected chi connectivity index (χ4v) is 7.24. The van der Waals surface area contributed by atoms with Gasteiger partial charge in [-0.25, -0.2) is 19.6 Å². The summed E-state index contributed by atoms with van der Waals surface area (Å²) in [6.07, 6.45) is 13.3. The first-order valence-corrected chi connectivity index (χ1v) is 21.6. The highest BCUT2D eigenvalue weighted by atomic mass is 16.6. The van der Waals surface area contributed by atoms with E-state index in [-0.39, 0.29) is 12.1 Å². The minimum atomic E-state index is -0.247. The standard InChI is InChI=1S/C43H62N10O9/c1-34(30-52-33-45-32-48-52)62-41-26-35(4-5-36(41)27-44)37-28-46-43(47-29-37)49-40-31-53(39-8-6-38(7-9-39)51-10-14-56-15-11-51)50-42(40)61-13-3-12-55-18-19-58-22-23-60-25-24-59-21-20-57-17-16-54-2/h4-5,26,28-29,31-34,38-39H,3,6-25,30H2,1-2H3,(H,46,47,49)/t34-,38?,39?/m0/s1. The molecular weight excluding hydrogens is 801 g/mol. The molecule has 0 radical (unpaired) electrons. The van der Waals surface area contributed by atoms with E-state index in [1.807, 2.05) is 29.9 Å². The van der Waals surface area contributed by atoms with E-state index in [1.165, 1.54) is 6.33 Å². The van der Waals surface area contributed by atoms with Crippen LogP contribution in [0.25, 0.3) is 11.1 Å². The van der Waals surface area contributed by atoms with Gasteiger partial charge in [-0.15, -0.1) is 5.10 Å². The van der Waals surface area contributed by atoms with Crippen molar-refractivity contribution in [3.63, 3.8) is 0 Å². The van der Waals surface area contributed by atoms with Crippen LogP contribution in [0.3, 0.4) is 0 Å². The Morgan fingerprint density at radius 3 is 2.10 bits per heavy atom. The van der Waals surface area contributed by atoms with E-state index in [4.69, 9.17) is 47.7 Å². The van der Waals surface area contributed by atoms with Crippen molar-refractivity contribution in [1.82, 2.24) is 39.4 Å². The number of nitrogens with zero attached hydrogens (tertiary/aromatic N) is 9. The van der Waals surface area contributed by atoms with Crippen molar-refractivity contribution in [2.75, 3.05) is 118 Å². The highest BCUT2D eigenvalue weighted by molar-refractivity contribution is 5.67. The Morgan fingerprint density at radius 2 is 1.47 bits per heavy atom. The molecule has 3 aromatic heterocycles. The van der Waals surface area contributed by atoms with Crippen molar-refractivity contribution in [3.8, 4) is 28.8 Å². The highest BCUT2D eigenvalue weighted by Crippen LogP contribution is 2.35. The van der Waals surface area contributed by atoms with Crippen molar-refractivity contribution < 1.29 is 42.6 Å². The summed E-state index contributed by atoms with van der Waals surface area (Å²) in [5, 5.41) is 22.2. The van der Waals surface area contributed by atoms with E-state index in [9.17, 15) is 5.26 Å². The van der Waals surface area contributed by atoms with Crippen LogP contribution in [0.5, 0.6) is 11.6 Å². The summed E-state index contributed by atoms with van der Waals surface area (Å²) in [5.74, 6) is 1.37. The van der Waals surface area contributed by atoms with Gasteiger partial charge in [-0.1, -0.05) is 6.07 Å². The normalized spacial score (nSPS) is 17.4. The third-order valence-electron chi connectivity index (χ3n) is 10.5. The monoisotopic (exact) mass is 862 g/mol. The summed E-state index contributed by atoms with van der Waals surface area (Å²) in [7, 11) is 1.65. The fourth-order valence-electron chi connectivity index (χ4n) is 7.24.